The van der Waals surface area contributed by atoms with E-state index in [0.29, 0.717) is 39.1 Å². The normalized spacial score (nSPS) is 16.8. The van der Waals surface area contributed by atoms with Gasteiger partial charge in [0.1, 0.15) is 0 Å². The van der Waals surface area contributed by atoms with Gasteiger partial charge < -0.3 is 20.0 Å². The third-order valence-corrected chi connectivity index (χ3v) is 6.63. The van der Waals surface area contributed by atoms with Crippen molar-refractivity contribution in [3.05, 3.63) is 65.7 Å². The third kappa shape index (κ3) is 5.18. The zero-order valence-corrected chi connectivity index (χ0v) is 19.4. The summed E-state index contributed by atoms with van der Waals surface area (Å²) in [6.45, 7) is 7.36. The lowest BCUT2D eigenvalue weighted by Gasteiger charge is -2.38. The number of anilines is 1. The van der Waals surface area contributed by atoms with E-state index in [4.69, 9.17) is 0 Å². The average molecular weight is 449 g/mol. The number of benzene rings is 2. The van der Waals surface area contributed by atoms with Gasteiger partial charge in [-0.25, -0.2) is 4.79 Å². The van der Waals surface area contributed by atoms with Crippen molar-refractivity contribution in [2.75, 3.05) is 38.0 Å². The molecule has 2 aliphatic heterocycles. The fraction of sp³-hybridized carbons (Fsp3) is 0.423. The number of carbonyl (C=O) groups excluding carboxylic acids is 3. The van der Waals surface area contributed by atoms with Crippen LogP contribution in [0.2, 0.25) is 0 Å². The predicted octanol–water partition coefficient (Wildman–Crippen LogP) is 3.46. The first-order valence-corrected chi connectivity index (χ1v) is 11.6. The first kappa shape index (κ1) is 22.8. The third-order valence-electron chi connectivity index (χ3n) is 6.63. The molecule has 0 radical (unpaired) electrons. The van der Waals surface area contributed by atoms with Crippen LogP contribution >= 0.6 is 0 Å². The number of hydrogen-bond donors (Lipinski definition) is 1. The fourth-order valence-electron chi connectivity index (χ4n) is 4.47. The maximum Gasteiger partial charge on any atom is 0.321 e. The Morgan fingerprint density at radius 1 is 0.879 bits per heavy atom. The molecule has 0 saturated carbocycles. The smallest absolute Gasteiger partial charge is 0.321 e. The number of likely N-dealkylation sites (tertiary alicyclic amines) is 1. The van der Waals surface area contributed by atoms with Crippen LogP contribution < -0.4 is 5.32 Å². The van der Waals surface area contributed by atoms with E-state index in [-0.39, 0.29) is 17.8 Å². The largest absolute Gasteiger partial charge is 0.338 e. The molecule has 0 bridgehead atoms. The molecule has 4 rings (SSSR count). The monoisotopic (exact) mass is 448 g/mol. The zero-order chi connectivity index (χ0) is 23.4. The Hall–Kier alpha value is -3.35. The van der Waals surface area contributed by atoms with E-state index in [9.17, 15) is 14.4 Å². The van der Waals surface area contributed by atoms with Crippen LogP contribution in [-0.2, 0) is 21.5 Å². The van der Waals surface area contributed by atoms with Crippen LogP contribution in [0.3, 0.4) is 0 Å². The van der Waals surface area contributed by atoms with Gasteiger partial charge in [-0.3, -0.25) is 9.59 Å². The maximum atomic E-state index is 13.1. The number of nitrogens with zero attached hydrogens (tertiary/aromatic N) is 3. The van der Waals surface area contributed by atoms with Crippen LogP contribution in [0.25, 0.3) is 0 Å². The van der Waals surface area contributed by atoms with Gasteiger partial charge in [0.15, 0.2) is 0 Å². The molecule has 0 atom stereocenters. The molecule has 2 aromatic carbocycles. The average Bonchev–Trinajstić information content (AvgIpc) is 3.24. The number of amides is 4. The van der Waals surface area contributed by atoms with Crippen LogP contribution in [-0.4, -0.2) is 65.3 Å². The van der Waals surface area contributed by atoms with E-state index in [2.05, 4.69) is 5.32 Å². The molecule has 0 spiro atoms. The van der Waals surface area contributed by atoms with Crippen molar-refractivity contribution < 1.29 is 14.4 Å². The van der Waals surface area contributed by atoms with Crippen LogP contribution in [0.1, 0.15) is 37.8 Å². The molecule has 2 saturated heterocycles. The van der Waals surface area contributed by atoms with Crippen molar-refractivity contribution in [1.82, 2.24) is 14.7 Å². The van der Waals surface area contributed by atoms with Gasteiger partial charge in [0.2, 0.25) is 11.8 Å². The van der Waals surface area contributed by atoms with Gasteiger partial charge in [0, 0.05) is 51.4 Å². The second-order valence-corrected chi connectivity index (χ2v) is 9.32. The minimum absolute atomic E-state index is 0.0841. The van der Waals surface area contributed by atoms with Gasteiger partial charge in [0.05, 0.1) is 5.41 Å². The molecule has 1 N–H and O–H groups in total. The summed E-state index contributed by atoms with van der Waals surface area (Å²) >= 11 is 0. The minimum Gasteiger partial charge on any atom is -0.338 e. The van der Waals surface area contributed by atoms with Crippen molar-refractivity contribution in [2.24, 2.45) is 0 Å². The van der Waals surface area contributed by atoms with E-state index in [0.717, 1.165) is 29.8 Å². The summed E-state index contributed by atoms with van der Waals surface area (Å²) < 4.78 is 0. The molecule has 7 nitrogen and oxygen atoms in total. The fourth-order valence-corrected chi connectivity index (χ4v) is 4.47. The number of rotatable bonds is 5. The van der Waals surface area contributed by atoms with Crippen molar-refractivity contribution in [2.45, 2.75) is 38.6 Å². The highest BCUT2D eigenvalue weighted by Crippen LogP contribution is 2.26. The molecule has 2 heterocycles. The maximum absolute atomic E-state index is 13.1. The van der Waals surface area contributed by atoms with Crippen LogP contribution in [0.4, 0.5) is 10.5 Å². The number of hydrogen-bond acceptors (Lipinski definition) is 3. The molecular formula is C26H32N4O3. The summed E-state index contributed by atoms with van der Waals surface area (Å²) in [6.07, 6.45) is 1.56. The summed E-state index contributed by atoms with van der Waals surface area (Å²) in [5, 5.41) is 2.94. The molecule has 0 aromatic heterocycles. The Kier molecular flexibility index (Phi) is 6.67. The number of piperazine rings is 1. The quantitative estimate of drug-likeness (QED) is 0.761. The van der Waals surface area contributed by atoms with Crippen molar-refractivity contribution >= 4 is 23.5 Å². The summed E-state index contributed by atoms with van der Waals surface area (Å²) in [5.74, 6) is 0.290. The van der Waals surface area contributed by atoms with Gasteiger partial charge in [0.25, 0.3) is 0 Å². The van der Waals surface area contributed by atoms with Gasteiger partial charge in [-0.2, -0.15) is 0 Å². The molecule has 7 heteroatoms. The second kappa shape index (κ2) is 9.65. The molecular weight excluding hydrogens is 416 g/mol. The number of carbonyl (C=O) groups is 3. The lowest BCUT2D eigenvalue weighted by molar-refractivity contribution is -0.137. The highest BCUT2D eigenvalue weighted by Gasteiger charge is 2.35. The summed E-state index contributed by atoms with van der Waals surface area (Å²) in [5.41, 5.74) is 2.16. The van der Waals surface area contributed by atoms with Gasteiger partial charge >= 0.3 is 6.03 Å². The highest BCUT2D eigenvalue weighted by molar-refractivity contribution is 5.90. The summed E-state index contributed by atoms with van der Waals surface area (Å²) in [7, 11) is 0. The van der Waals surface area contributed by atoms with E-state index >= 15 is 0 Å². The Morgan fingerprint density at radius 2 is 1.52 bits per heavy atom. The minimum atomic E-state index is -0.604. The molecule has 0 aliphatic carbocycles. The van der Waals surface area contributed by atoms with Gasteiger partial charge in [-0.1, -0.05) is 42.5 Å². The van der Waals surface area contributed by atoms with Crippen LogP contribution in [0.15, 0.2) is 54.6 Å². The van der Waals surface area contributed by atoms with E-state index < -0.39 is 5.41 Å². The van der Waals surface area contributed by atoms with E-state index in [1.54, 1.807) is 4.90 Å². The molecule has 4 amide bonds. The van der Waals surface area contributed by atoms with Crippen LogP contribution in [0, 0.1) is 0 Å². The Morgan fingerprint density at radius 3 is 2.12 bits per heavy atom. The zero-order valence-electron chi connectivity index (χ0n) is 19.4. The molecule has 2 aromatic rings. The van der Waals surface area contributed by atoms with Gasteiger partial charge in [-0.15, -0.1) is 0 Å². The van der Waals surface area contributed by atoms with Crippen molar-refractivity contribution in [1.29, 1.82) is 0 Å². The summed E-state index contributed by atoms with van der Waals surface area (Å²) in [4.78, 5) is 43.1. The first-order valence-electron chi connectivity index (χ1n) is 11.6. The molecule has 2 fully saturated rings. The Balaban J connectivity index is 1.28. The predicted molar refractivity (Wildman–Crippen MR) is 128 cm³/mol. The molecule has 2 aliphatic rings. The van der Waals surface area contributed by atoms with Gasteiger partial charge in [-0.05, 0) is 43.5 Å². The first-order chi connectivity index (χ1) is 15.8. The van der Waals surface area contributed by atoms with E-state index in [1.807, 2.05) is 78.2 Å². The molecule has 0 unspecified atom stereocenters. The van der Waals surface area contributed by atoms with E-state index in [1.165, 1.54) is 0 Å². The standard InChI is InChI=1S/C26H32N4O3/c1-26(2,21-7-4-3-5-8-21)24(32)28-15-17-29(18-16-28)25(33)27-22-12-10-20(11-13-22)19-30-14-6-9-23(30)31/h3-5,7-8,10-13H,6,9,14-19H2,1-2H3,(H,27,33). The number of urea groups is 1. The van der Waals surface area contributed by atoms with Crippen molar-refractivity contribution in [3.8, 4) is 0 Å². The topological polar surface area (TPSA) is 73.0 Å². The lowest BCUT2D eigenvalue weighted by Crippen LogP contribution is -2.55. The Bertz CT molecular complexity index is 996. The SMILES string of the molecule is CC(C)(C(=O)N1CCN(C(=O)Nc2ccc(CN3CCCC3=O)cc2)CC1)c1ccccc1. The Labute approximate surface area is 195 Å². The van der Waals surface area contributed by atoms with Crippen LogP contribution in [0.5, 0.6) is 0 Å². The molecule has 33 heavy (non-hydrogen) atoms. The van der Waals surface area contributed by atoms with Crippen molar-refractivity contribution in [3.63, 3.8) is 0 Å². The highest BCUT2D eigenvalue weighted by atomic mass is 16.2. The number of nitrogens with one attached hydrogen (secondary N) is 1. The second-order valence-electron chi connectivity index (χ2n) is 9.32. The summed E-state index contributed by atoms with van der Waals surface area (Å²) in [6, 6.07) is 17.3. The molecule has 174 valence electrons. The lowest BCUT2D eigenvalue weighted by atomic mass is 9.83.